The minimum Gasteiger partial charge on any atom is -0.463 e. The predicted octanol–water partition coefficient (Wildman–Crippen LogP) is 3.04. The number of hydrogen-bond acceptors (Lipinski definition) is 5. The van der Waals surface area contributed by atoms with E-state index in [4.69, 9.17) is 4.42 Å². The SMILES string of the molecule is COC(=O)c1occc1CN1CCN(C(=O)c2ccccc2C(F)(F)F)CC1. The van der Waals surface area contributed by atoms with Gasteiger partial charge in [-0.05, 0) is 18.2 Å². The van der Waals surface area contributed by atoms with Crippen molar-refractivity contribution in [3.63, 3.8) is 0 Å². The Hall–Kier alpha value is -2.81. The van der Waals surface area contributed by atoms with Crippen LogP contribution < -0.4 is 0 Å². The highest BCUT2D eigenvalue weighted by Crippen LogP contribution is 2.32. The number of esters is 1. The van der Waals surface area contributed by atoms with Crippen LogP contribution in [0.25, 0.3) is 0 Å². The van der Waals surface area contributed by atoms with Crippen molar-refractivity contribution in [2.75, 3.05) is 33.3 Å². The van der Waals surface area contributed by atoms with Crippen molar-refractivity contribution in [2.24, 2.45) is 0 Å². The molecule has 0 atom stereocenters. The zero-order valence-corrected chi connectivity index (χ0v) is 15.2. The van der Waals surface area contributed by atoms with Crippen LogP contribution >= 0.6 is 0 Å². The van der Waals surface area contributed by atoms with Gasteiger partial charge < -0.3 is 14.1 Å². The Kier molecular flexibility index (Phi) is 5.73. The number of alkyl halides is 3. The van der Waals surface area contributed by atoms with Crippen molar-refractivity contribution in [3.05, 3.63) is 59.0 Å². The highest BCUT2D eigenvalue weighted by molar-refractivity contribution is 5.96. The number of amides is 1. The number of furan rings is 1. The maximum absolute atomic E-state index is 13.2. The van der Waals surface area contributed by atoms with E-state index in [2.05, 4.69) is 4.74 Å². The van der Waals surface area contributed by atoms with Crippen molar-refractivity contribution in [1.29, 1.82) is 0 Å². The van der Waals surface area contributed by atoms with Crippen molar-refractivity contribution in [1.82, 2.24) is 9.80 Å². The van der Waals surface area contributed by atoms with Crippen LogP contribution in [0.4, 0.5) is 13.2 Å². The normalized spacial score (nSPS) is 15.5. The minimum absolute atomic E-state index is 0.125. The molecule has 0 N–H and O–H groups in total. The van der Waals surface area contributed by atoms with Crippen LogP contribution in [0, 0.1) is 0 Å². The van der Waals surface area contributed by atoms with Crippen molar-refractivity contribution < 1.29 is 31.9 Å². The molecule has 9 heteroatoms. The maximum Gasteiger partial charge on any atom is 0.417 e. The Balaban J connectivity index is 1.64. The molecular weight excluding hydrogens is 377 g/mol. The smallest absolute Gasteiger partial charge is 0.417 e. The molecule has 0 unspecified atom stereocenters. The van der Waals surface area contributed by atoms with Crippen LogP contribution in [0.3, 0.4) is 0 Å². The number of hydrogen-bond donors (Lipinski definition) is 0. The van der Waals surface area contributed by atoms with Crippen LogP contribution in [0.2, 0.25) is 0 Å². The summed E-state index contributed by atoms with van der Waals surface area (Å²) in [5.41, 5.74) is -0.608. The first-order valence-corrected chi connectivity index (χ1v) is 8.64. The molecule has 3 rings (SSSR count). The standard InChI is InChI=1S/C19H19F3N2O4/c1-27-18(26)16-13(6-11-28-16)12-23-7-9-24(10-8-23)17(25)14-4-2-3-5-15(14)19(20,21)22/h2-6,11H,7-10,12H2,1H3. The Labute approximate surface area is 159 Å². The molecule has 1 fully saturated rings. The molecule has 1 aliphatic heterocycles. The second-order valence-corrected chi connectivity index (χ2v) is 6.38. The van der Waals surface area contributed by atoms with Crippen LogP contribution in [0.5, 0.6) is 0 Å². The van der Waals surface area contributed by atoms with E-state index in [-0.39, 0.29) is 24.4 Å². The largest absolute Gasteiger partial charge is 0.463 e. The van der Waals surface area contributed by atoms with E-state index in [0.29, 0.717) is 25.2 Å². The summed E-state index contributed by atoms with van der Waals surface area (Å²) >= 11 is 0. The Bertz CT molecular complexity index is 855. The van der Waals surface area contributed by atoms with E-state index in [0.717, 1.165) is 6.07 Å². The molecule has 1 aromatic heterocycles. The van der Waals surface area contributed by atoms with Gasteiger partial charge in [0.15, 0.2) is 0 Å². The van der Waals surface area contributed by atoms with Crippen molar-refractivity contribution >= 4 is 11.9 Å². The van der Waals surface area contributed by atoms with Crippen molar-refractivity contribution in [3.8, 4) is 0 Å². The van der Waals surface area contributed by atoms with Gasteiger partial charge in [-0.15, -0.1) is 0 Å². The summed E-state index contributed by atoms with van der Waals surface area (Å²) < 4.78 is 49.3. The lowest BCUT2D eigenvalue weighted by atomic mass is 10.1. The molecule has 2 heterocycles. The first-order chi connectivity index (χ1) is 13.3. The van der Waals surface area contributed by atoms with Gasteiger partial charge >= 0.3 is 12.1 Å². The molecule has 0 saturated carbocycles. The molecule has 0 spiro atoms. The Morgan fingerprint density at radius 1 is 1.11 bits per heavy atom. The van der Waals surface area contributed by atoms with Gasteiger partial charge in [-0.1, -0.05) is 12.1 Å². The molecule has 1 aromatic carbocycles. The Morgan fingerprint density at radius 3 is 2.43 bits per heavy atom. The van der Waals surface area contributed by atoms with Gasteiger partial charge in [0.25, 0.3) is 5.91 Å². The number of benzene rings is 1. The second-order valence-electron chi connectivity index (χ2n) is 6.38. The topological polar surface area (TPSA) is 63.0 Å². The number of nitrogens with zero attached hydrogens (tertiary/aromatic N) is 2. The quantitative estimate of drug-likeness (QED) is 0.744. The minimum atomic E-state index is -4.58. The third-order valence-electron chi connectivity index (χ3n) is 4.63. The first-order valence-electron chi connectivity index (χ1n) is 8.64. The number of rotatable bonds is 4. The fourth-order valence-corrected chi connectivity index (χ4v) is 3.17. The van der Waals surface area contributed by atoms with Gasteiger partial charge in [-0.2, -0.15) is 13.2 Å². The summed E-state index contributed by atoms with van der Waals surface area (Å²) in [6, 6.07) is 6.47. The summed E-state index contributed by atoms with van der Waals surface area (Å²) in [6.45, 7) is 1.92. The van der Waals surface area contributed by atoms with Crippen LogP contribution in [-0.4, -0.2) is 55.0 Å². The lowest BCUT2D eigenvalue weighted by Crippen LogP contribution is -2.48. The molecule has 0 aliphatic carbocycles. The van der Waals surface area contributed by atoms with E-state index >= 15 is 0 Å². The average molecular weight is 396 g/mol. The number of carbonyl (C=O) groups excluding carboxylic acids is 2. The zero-order chi connectivity index (χ0) is 20.3. The summed E-state index contributed by atoms with van der Waals surface area (Å²) in [5, 5.41) is 0. The molecule has 28 heavy (non-hydrogen) atoms. The Morgan fingerprint density at radius 2 is 1.79 bits per heavy atom. The zero-order valence-electron chi connectivity index (χ0n) is 15.2. The number of ether oxygens (including phenoxy) is 1. The van der Waals surface area contributed by atoms with Gasteiger partial charge in [0.1, 0.15) is 0 Å². The second kappa shape index (κ2) is 8.05. The van der Waals surface area contributed by atoms with Crippen LogP contribution in [0.1, 0.15) is 32.0 Å². The van der Waals surface area contributed by atoms with Gasteiger partial charge in [-0.25, -0.2) is 4.79 Å². The fourth-order valence-electron chi connectivity index (χ4n) is 3.17. The van der Waals surface area contributed by atoms with E-state index in [1.165, 1.54) is 36.5 Å². The predicted molar refractivity (Wildman–Crippen MR) is 92.7 cm³/mol. The molecule has 1 aliphatic rings. The number of halogens is 3. The summed E-state index contributed by atoms with van der Waals surface area (Å²) in [6.07, 6.45) is -3.19. The molecular formula is C19H19F3N2O4. The number of carbonyl (C=O) groups is 2. The maximum atomic E-state index is 13.2. The summed E-state index contributed by atoms with van der Waals surface area (Å²) in [4.78, 5) is 27.7. The molecule has 0 radical (unpaired) electrons. The summed E-state index contributed by atoms with van der Waals surface area (Å²) in [7, 11) is 1.26. The molecule has 6 nitrogen and oxygen atoms in total. The van der Waals surface area contributed by atoms with Crippen LogP contribution in [-0.2, 0) is 17.5 Å². The van der Waals surface area contributed by atoms with Gasteiger partial charge in [-0.3, -0.25) is 9.69 Å². The molecule has 1 saturated heterocycles. The number of piperazine rings is 1. The first kappa shape index (κ1) is 19.9. The van der Waals surface area contributed by atoms with E-state index < -0.39 is 23.6 Å². The van der Waals surface area contributed by atoms with Gasteiger partial charge in [0, 0.05) is 38.3 Å². The number of methoxy groups -OCH3 is 1. The highest BCUT2D eigenvalue weighted by atomic mass is 19.4. The van der Waals surface area contributed by atoms with E-state index in [9.17, 15) is 22.8 Å². The third-order valence-corrected chi connectivity index (χ3v) is 4.63. The summed E-state index contributed by atoms with van der Waals surface area (Å²) in [5.74, 6) is -1.08. The lowest BCUT2D eigenvalue weighted by Gasteiger charge is -2.35. The van der Waals surface area contributed by atoms with E-state index in [1.54, 1.807) is 6.07 Å². The van der Waals surface area contributed by atoms with Crippen molar-refractivity contribution in [2.45, 2.75) is 12.7 Å². The lowest BCUT2D eigenvalue weighted by molar-refractivity contribution is -0.138. The average Bonchev–Trinajstić information content (AvgIpc) is 3.15. The fraction of sp³-hybridized carbons (Fsp3) is 0.368. The van der Waals surface area contributed by atoms with Crippen LogP contribution in [0.15, 0.2) is 41.0 Å². The third kappa shape index (κ3) is 4.19. The van der Waals surface area contributed by atoms with Gasteiger partial charge in [0.05, 0.1) is 24.5 Å². The highest BCUT2D eigenvalue weighted by Gasteiger charge is 2.36. The monoisotopic (exact) mass is 396 g/mol. The molecule has 150 valence electrons. The van der Waals surface area contributed by atoms with Gasteiger partial charge in [0.2, 0.25) is 5.76 Å². The molecule has 1 amide bonds. The molecule has 2 aromatic rings. The van der Waals surface area contributed by atoms with E-state index in [1.807, 2.05) is 4.90 Å². The molecule has 0 bridgehead atoms.